The highest BCUT2D eigenvalue weighted by molar-refractivity contribution is 7.87. The maximum absolute atomic E-state index is 11.9. The molecule has 0 atom stereocenters. The van der Waals surface area contributed by atoms with Gasteiger partial charge >= 0.3 is 0 Å². The predicted molar refractivity (Wildman–Crippen MR) is 200 cm³/mol. The van der Waals surface area contributed by atoms with Gasteiger partial charge in [0.2, 0.25) is 0 Å². The number of azo groups is 2. The molecule has 0 radical (unpaired) electrons. The molecule has 6 aromatic rings. The molecule has 17 nitrogen and oxygen atoms in total. The maximum Gasteiger partial charge on any atom is 0.296 e. The monoisotopic (exact) mass is 790 g/mol. The molecule has 0 aromatic heterocycles. The molecule has 9 N–H and O–H groups in total. The summed E-state index contributed by atoms with van der Waals surface area (Å²) >= 11 is 0. The summed E-state index contributed by atoms with van der Waals surface area (Å²) < 4.78 is 99.7. The van der Waals surface area contributed by atoms with Crippen molar-refractivity contribution in [2.75, 3.05) is 11.5 Å². The van der Waals surface area contributed by atoms with E-state index in [1.807, 2.05) is 12.2 Å². The number of phenols is 2. The number of fused-ring (bicyclic) bond motifs is 2. The van der Waals surface area contributed by atoms with Gasteiger partial charge < -0.3 is 21.7 Å². The first-order chi connectivity index (χ1) is 25.3. The number of aromatic hydroxyl groups is 2. The van der Waals surface area contributed by atoms with Crippen molar-refractivity contribution >= 4 is 98.2 Å². The highest BCUT2D eigenvalue weighted by Gasteiger charge is 2.26. The Bertz CT molecular complexity index is 2930. The molecule has 0 spiro atoms. The molecule has 6 rings (SSSR count). The van der Waals surface area contributed by atoms with E-state index in [1.165, 1.54) is 24.3 Å². The van der Waals surface area contributed by atoms with Crippen LogP contribution in [-0.2, 0) is 30.4 Å². The van der Waals surface area contributed by atoms with E-state index < -0.39 is 67.6 Å². The lowest BCUT2D eigenvalue weighted by molar-refractivity contribution is 0.478. The summed E-state index contributed by atoms with van der Waals surface area (Å²) in [7, 11) is -14.6. The highest BCUT2D eigenvalue weighted by Crippen LogP contribution is 2.44. The van der Waals surface area contributed by atoms with Crippen LogP contribution in [-0.4, -0.2) is 49.1 Å². The Labute approximate surface area is 306 Å². The van der Waals surface area contributed by atoms with Gasteiger partial charge in [-0.3, -0.25) is 13.7 Å². The number of benzene rings is 6. The van der Waals surface area contributed by atoms with E-state index in [4.69, 9.17) is 11.5 Å². The van der Waals surface area contributed by atoms with Crippen LogP contribution in [0.3, 0.4) is 0 Å². The second-order valence-electron chi connectivity index (χ2n) is 11.5. The lowest BCUT2D eigenvalue weighted by atomic mass is 10.1. The van der Waals surface area contributed by atoms with E-state index in [1.54, 1.807) is 48.5 Å². The number of hydrogen-bond acceptors (Lipinski definition) is 14. The molecule has 0 bridgehead atoms. The summed E-state index contributed by atoms with van der Waals surface area (Å²) in [6, 6.07) is 21.5. The van der Waals surface area contributed by atoms with Crippen molar-refractivity contribution in [1.29, 1.82) is 0 Å². The molecule has 0 unspecified atom stereocenters. The molecule has 0 amide bonds. The number of anilines is 2. The smallest absolute Gasteiger partial charge is 0.296 e. The van der Waals surface area contributed by atoms with Gasteiger partial charge in [-0.2, -0.15) is 35.5 Å². The van der Waals surface area contributed by atoms with Gasteiger partial charge in [0, 0.05) is 16.5 Å². The van der Waals surface area contributed by atoms with E-state index in [-0.39, 0.29) is 33.2 Å². The van der Waals surface area contributed by atoms with Crippen LogP contribution < -0.4 is 11.5 Å². The van der Waals surface area contributed by atoms with Gasteiger partial charge in [-0.25, -0.2) is 0 Å². The van der Waals surface area contributed by atoms with Crippen molar-refractivity contribution < 1.29 is 49.1 Å². The standard InChI is InChI=1S/C34H26N6O11S3/c35-24-13-16-27(52(43,44)45)22-11-14-25(33(41)30(22)24)39-37-20-7-3-18(4-8-20)1-2-19-5-9-21(10-6-19)38-40-26-15-12-23-28(53(46,47)48)17-29(54(49,50)51)32(36)31(23)34(26)42/h1-17,41-42H,35-36H2,(H,43,44,45)(H,46,47,48)(H,49,50,51). The first kappa shape index (κ1) is 37.5. The fourth-order valence-electron chi connectivity index (χ4n) is 5.41. The highest BCUT2D eigenvalue weighted by atomic mass is 32.2. The second kappa shape index (κ2) is 13.9. The molecule has 0 aliphatic carbocycles. The van der Waals surface area contributed by atoms with Crippen molar-refractivity contribution in [1.82, 2.24) is 0 Å². The quantitative estimate of drug-likeness (QED) is 0.0327. The lowest BCUT2D eigenvalue weighted by Crippen LogP contribution is -2.08. The predicted octanol–water partition coefficient (Wildman–Crippen LogP) is 7.31. The van der Waals surface area contributed by atoms with Crippen molar-refractivity contribution in [3.05, 3.63) is 102 Å². The van der Waals surface area contributed by atoms with Crippen molar-refractivity contribution in [2.45, 2.75) is 14.7 Å². The van der Waals surface area contributed by atoms with Crippen LogP contribution in [0.2, 0.25) is 0 Å². The third kappa shape index (κ3) is 7.59. The molecule has 0 saturated heterocycles. The van der Waals surface area contributed by atoms with E-state index >= 15 is 0 Å². The molecule has 0 fully saturated rings. The van der Waals surface area contributed by atoms with Gasteiger partial charge in [0.1, 0.15) is 26.1 Å². The summed E-state index contributed by atoms with van der Waals surface area (Å²) in [4.78, 5) is -2.36. The molecule has 20 heteroatoms. The van der Waals surface area contributed by atoms with E-state index in [9.17, 15) is 49.1 Å². The topological polar surface area (TPSA) is 305 Å². The Balaban J connectivity index is 1.17. The molecule has 0 heterocycles. The summed E-state index contributed by atoms with van der Waals surface area (Å²) in [5.74, 6) is -1.15. The fraction of sp³-hybridized carbons (Fsp3) is 0. The summed E-state index contributed by atoms with van der Waals surface area (Å²) in [6.45, 7) is 0. The summed E-state index contributed by atoms with van der Waals surface area (Å²) in [6.07, 6.45) is 3.63. The Morgan fingerprint density at radius 3 is 1.35 bits per heavy atom. The minimum atomic E-state index is -5.05. The van der Waals surface area contributed by atoms with Crippen LogP contribution in [0.4, 0.5) is 34.1 Å². The van der Waals surface area contributed by atoms with Crippen molar-refractivity contribution in [2.24, 2.45) is 20.5 Å². The zero-order valence-electron chi connectivity index (χ0n) is 27.2. The van der Waals surface area contributed by atoms with Gasteiger partial charge in [0.25, 0.3) is 30.4 Å². The minimum absolute atomic E-state index is 0.00583. The number of rotatable bonds is 9. The van der Waals surface area contributed by atoms with Crippen LogP contribution in [0.5, 0.6) is 11.5 Å². The van der Waals surface area contributed by atoms with Crippen LogP contribution in [0.25, 0.3) is 33.7 Å². The minimum Gasteiger partial charge on any atom is -0.505 e. The third-order valence-corrected chi connectivity index (χ3v) is 10.7. The molecular weight excluding hydrogens is 765 g/mol. The number of phenolic OH excluding ortho intramolecular Hbond substituents is 2. The largest absolute Gasteiger partial charge is 0.505 e. The van der Waals surface area contributed by atoms with Crippen molar-refractivity contribution in [3.63, 3.8) is 0 Å². The lowest BCUT2D eigenvalue weighted by Gasteiger charge is -2.13. The zero-order chi connectivity index (χ0) is 39.2. The van der Waals surface area contributed by atoms with Crippen LogP contribution >= 0.6 is 0 Å². The van der Waals surface area contributed by atoms with E-state index in [2.05, 4.69) is 20.5 Å². The third-order valence-electron chi connectivity index (χ3n) is 7.98. The van der Waals surface area contributed by atoms with E-state index in [0.29, 0.717) is 17.4 Å². The average Bonchev–Trinajstić information content (AvgIpc) is 3.09. The van der Waals surface area contributed by atoms with Gasteiger partial charge in [-0.15, -0.1) is 10.2 Å². The maximum atomic E-state index is 11.9. The Kier molecular flexibility index (Phi) is 9.66. The zero-order valence-corrected chi connectivity index (χ0v) is 29.6. The number of nitrogen functional groups attached to an aromatic ring is 2. The second-order valence-corrected chi connectivity index (χ2v) is 15.7. The Hall–Kier alpha value is -6.29. The molecular formula is C34H26N6O11S3. The van der Waals surface area contributed by atoms with Crippen molar-refractivity contribution in [3.8, 4) is 11.5 Å². The van der Waals surface area contributed by atoms with E-state index in [0.717, 1.165) is 23.3 Å². The Morgan fingerprint density at radius 1 is 0.481 bits per heavy atom. The summed E-state index contributed by atoms with van der Waals surface area (Å²) in [5, 5.41) is 37.0. The molecule has 0 saturated carbocycles. The summed E-state index contributed by atoms with van der Waals surface area (Å²) in [5.41, 5.74) is 13.4. The van der Waals surface area contributed by atoms with Gasteiger partial charge in [-0.1, -0.05) is 48.6 Å². The molecule has 0 aliphatic heterocycles. The first-order valence-electron chi connectivity index (χ1n) is 15.1. The van der Waals surface area contributed by atoms with Gasteiger partial charge in [-0.05, 0) is 65.7 Å². The normalized spacial score (nSPS) is 12.9. The average molecular weight is 791 g/mol. The molecule has 276 valence electrons. The SMILES string of the molecule is Nc1ccc(S(=O)(=O)O)c2ccc(N=Nc3ccc(C=Cc4ccc(N=Nc5ccc6c(S(=O)(=O)O)cc(S(=O)(=O)O)c(N)c6c5O)cc4)cc3)c(O)c12. The van der Waals surface area contributed by atoms with Crippen LogP contribution in [0.15, 0.2) is 126 Å². The number of nitrogens with zero attached hydrogens (tertiary/aromatic N) is 4. The molecule has 0 aliphatic rings. The molecule has 54 heavy (non-hydrogen) atoms. The number of nitrogens with two attached hydrogens (primary N) is 2. The molecule has 6 aromatic carbocycles. The number of hydrogen-bond donors (Lipinski definition) is 7. The van der Waals surface area contributed by atoms with Gasteiger partial charge in [0.05, 0.1) is 27.8 Å². The Morgan fingerprint density at radius 2 is 0.907 bits per heavy atom. The fourth-order valence-corrected chi connectivity index (χ4v) is 7.53. The van der Waals surface area contributed by atoms with Gasteiger partial charge in [0.15, 0.2) is 11.5 Å². The van der Waals surface area contributed by atoms with Crippen LogP contribution in [0.1, 0.15) is 11.1 Å². The first-order valence-corrected chi connectivity index (χ1v) is 19.4. The van der Waals surface area contributed by atoms with Crippen LogP contribution in [0, 0.1) is 0 Å².